The zero-order chi connectivity index (χ0) is 31.4. The number of nitrogens with zero attached hydrogens (tertiary/aromatic N) is 3. The lowest BCUT2D eigenvalue weighted by molar-refractivity contribution is -0.145. The van der Waals surface area contributed by atoms with Crippen molar-refractivity contribution in [3.63, 3.8) is 0 Å². The molecule has 0 bridgehead atoms. The lowest BCUT2D eigenvalue weighted by Crippen LogP contribution is -2.57. The minimum absolute atomic E-state index is 0.0852. The molecule has 4 heterocycles. The molecule has 2 aromatic carbocycles. The van der Waals surface area contributed by atoms with Crippen molar-refractivity contribution in [1.82, 2.24) is 9.80 Å². The molecule has 0 aliphatic carbocycles. The van der Waals surface area contributed by atoms with E-state index in [4.69, 9.17) is 11.6 Å². The Labute approximate surface area is 268 Å². The number of anilines is 1. The van der Waals surface area contributed by atoms with Gasteiger partial charge in [0.25, 0.3) is 5.91 Å². The van der Waals surface area contributed by atoms with Gasteiger partial charge in [-0.2, -0.15) is 0 Å². The first-order chi connectivity index (χ1) is 21.0. The lowest BCUT2D eigenvalue weighted by atomic mass is 9.74. The number of halogens is 1. The van der Waals surface area contributed by atoms with Crippen molar-refractivity contribution in [1.29, 1.82) is 0 Å². The largest absolute Gasteiger partial charge is 0.394 e. The molecule has 6 rings (SSSR count). The summed E-state index contributed by atoms with van der Waals surface area (Å²) in [6.45, 7) is 8.93. The molecule has 44 heavy (non-hydrogen) atoms. The zero-order valence-corrected chi connectivity index (χ0v) is 27.2. The number of aryl methyl sites for hydroxylation is 1. The predicted octanol–water partition coefficient (Wildman–Crippen LogP) is 5.24. The van der Waals surface area contributed by atoms with Gasteiger partial charge in [-0.05, 0) is 43.4 Å². The minimum Gasteiger partial charge on any atom is -0.394 e. The first-order valence-corrected chi connectivity index (χ1v) is 16.6. The van der Waals surface area contributed by atoms with Gasteiger partial charge in [0.15, 0.2) is 0 Å². The van der Waals surface area contributed by atoms with Gasteiger partial charge in [-0.15, -0.1) is 11.8 Å². The van der Waals surface area contributed by atoms with E-state index in [0.29, 0.717) is 30.2 Å². The number of fused-ring (bicyclic) bond motifs is 2. The molecule has 1 unspecified atom stereocenters. The van der Waals surface area contributed by atoms with Crippen molar-refractivity contribution < 1.29 is 19.5 Å². The normalized spacial score (nSPS) is 30.4. The van der Waals surface area contributed by atoms with Crippen molar-refractivity contribution in [2.24, 2.45) is 17.8 Å². The van der Waals surface area contributed by atoms with Gasteiger partial charge in [0.1, 0.15) is 6.04 Å². The lowest BCUT2D eigenvalue weighted by Gasteiger charge is -2.40. The second-order valence-electron chi connectivity index (χ2n) is 13.1. The van der Waals surface area contributed by atoms with Gasteiger partial charge in [0, 0.05) is 24.4 Å². The smallest absolute Gasteiger partial charge is 0.251 e. The van der Waals surface area contributed by atoms with Crippen LogP contribution >= 0.6 is 23.4 Å². The highest BCUT2D eigenvalue weighted by molar-refractivity contribution is 8.02. The number of rotatable bonds is 7. The quantitative estimate of drug-likeness (QED) is 0.422. The van der Waals surface area contributed by atoms with Crippen molar-refractivity contribution in [2.75, 3.05) is 24.6 Å². The molecular formula is C35H40ClN3O4S. The number of aliphatic hydroxyl groups is 1. The maximum absolute atomic E-state index is 14.9. The molecule has 4 aliphatic heterocycles. The summed E-state index contributed by atoms with van der Waals surface area (Å²) in [5.74, 6) is -1.84. The van der Waals surface area contributed by atoms with Crippen LogP contribution < -0.4 is 4.90 Å². The van der Waals surface area contributed by atoms with Crippen LogP contribution in [0, 0.1) is 24.7 Å². The summed E-state index contributed by atoms with van der Waals surface area (Å²) in [6.07, 6.45) is 8.60. The molecule has 2 aromatic rings. The van der Waals surface area contributed by atoms with E-state index in [9.17, 15) is 19.5 Å². The van der Waals surface area contributed by atoms with Crippen LogP contribution in [0.15, 0.2) is 72.8 Å². The number of aliphatic hydroxyl groups excluding tert-OH is 1. The van der Waals surface area contributed by atoms with E-state index < -0.39 is 33.4 Å². The predicted molar refractivity (Wildman–Crippen MR) is 175 cm³/mol. The molecule has 0 radical (unpaired) electrons. The van der Waals surface area contributed by atoms with Gasteiger partial charge in [-0.25, -0.2) is 0 Å². The summed E-state index contributed by atoms with van der Waals surface area (Å²) >= 11 is 8.25. The summed E-state index contributed by atoms with van der Waals surface area (Å²) in [4.78, 5) is 49.5. The van der Waals surface area contributed by atoms with E-state index in [1.807, 2.05) is 93.3 Å². The van der Waals surface area contributed by atoms with E-state index in [1.54, 1.807) is 27.6 Å². The molecule has 232 valence electrons. The second kappa shape index (κ2) is 11.7. The minimum atomic E-state index is -1.00. The molecule has 2 saturated heterocycles. The molecule has 2 fully saturated rings. The fourth-order valence-corrected chi connectivity index (χ4v) is 10.3. The number of likely N-dealkylation sites (tertiary alicyclic amines) is 1. The van der Waals surface area contributed by atoms with Gasteiger partial charge in [0.2, 0.25) is 11.8 Å². The number of carbonyl (C=O) groups excluding carboxylic acids is 3. The maximum Gasteiger partial charge on any atom is 0.251 e. The summed E-state index contributed by atoms with van der Waals surface area (Å²) in [5.41, 5.74) is 2.49. The van der Waals surface area contributed by atoms with E-state index in [2.05, 4.69) is 6.08 Å². The van der Waals surface area contributed by atoms with Gasteiger partial charge in [-0.3, -0.25) is 14.4 Å². The molecular weight excluding hydrogens is 594 g/mol. The van der Waals surface area contributed by atoms with Crippen molar-refractivity contribution in [3.8, 4) is 0 Å². The molecule has 7 nitrogen and oxygen atoms in total. The number of carbonyl (C=O) groups is 3. The van der Waals surface area contributed by atoms with Crippen LogP contribution in [0.1, 0.15) is 38.3 Å². The molecule has 4 aliphatic rings. The summed E-state index contributed by atoms with van der Waals surface area (Å²) in [5, 5.41) is 11.1. The van der Waals surface area contributed by atoms with Gasteiger partial charge >= 0.3 is 0 Å². The molecule has 9 heteroatoms. The van der Waals surface area contributed by atoms with Crippen LogP contribution in [0.25, 0.3) is 0 Å². The first-order valence-electron chi connectivity index (χ1n) is 15.4. The Hall–Kier alpha value is -3.07. The average Bonchev–Trinajstić information content (AvgIpc) is 3.26. The third-order valence-electron chi connectivity index (χ3n) is 9.60. The SMILES string of the molecule is Cc1cccc(Cl)c1N1CC=C[C@]23S[C@]4(C)C=CCN(Cc5ccccc5)C(=O)[C@@H]4[C@H]2C(=O)N([C@@H](CO)CC(C)C)C3C1=O. The van der Waals surface area contributed by atoms with Crippen LogP contribution in [0.2, 0.25) is 5.02 Å². The molecule has 1 N–H and O–H groups in total. The Morgan fingerprint density at radius 3 is 2.36 bits per heavy atom. The highest BCUT2D eigenvalue weighted by atomic mass is 35.5. The molecule has 1 spiro atoms. The third kappa shape index (κ3) is 4.90. The summed E-state index contributed by atoms with van der Waals surface area (Å²) in [7, 11) is 0. The van der Waals surface area contributed by atoms with Crippen molar-refractivity contribution >= 4 is 46.8 Å². The standard InChI is InChI=1S/C35H40ClN3O4S/c1-22(2)19-25(21-40)39-30-33(43)38(29-23(3)11-8-14-26(29)36)18-10-16-35(30)28(32(39)42)27-31(41)37(17-9-15-34(27,4)44-35)20-24-12-6-5-7-13-24/h5-16,22,25,27-28,30,40H,17-21H2,1-4H3/t25-,27+,28+,30?,34-,35+/m1/s1. The van der Waals surface area contributed by atoms with E-state index in [0.717, 1.165) is 11.1 Å². The van der Waals surface area contributed by atoms with Crippen LogP contribution in [0.3, 0.4) is 0 Å². The molecule has 0 aromatic heterocycles. The van der Waals surface area contributed by atoms with Crippen molar-refractivity contribution in [3.05, 3.63) is 89.0 Å². The van der Waals surface area contributed by atoms with Gasteiger partial charge in [0.05, 0.1) is 39.9 Å². The second-order valence-corrected chi connectivity index (χ2v) is 15.3. The number of para-hydroxylation sites is 1. The number of hydrogen-bond donors (Lipinski definition) is 1. The average molecular weight is 634 g/mol. The molecule has 3 amide bonds. The van der Waals surface area contributed by atoms with Crippen molar-refractivity contribution in [2.45, 2.75) is 62.2 Å². The zero-order valence-electron chi connectivity index (χ0n) is 25.7. The highest BCUT2D eigenvalue weighted by Gasteiger charge is 2.74. The number of hydrogen-bond acceptors (Lipinski definition) is 5. The number of amides is 3. The Kier molecular flexibility index (Phi) is 8.22. The van der Waals surface area contributed by atoms with Crippen LogP contribution in [-0.4, -0.2) is 73.9 Å². The molecule has 6 atom stereocenters. The van der Waals surface area contributed by atoms with Crippen LogP contribution in [-0.2, 0) is 20.9 Å². The number of thioether (sulfide) groups is 1. The first kappa shape index (κ1) is 30.9. The van der Waals surface area contributed by atoms with Crippen LogP contribution in [0.4, 0.5) is 5.69 Å². The Morgan fingerprint density at radius 2 is 1.68 bits per heavy atom. The topological polar surface area (TPSA) is 81.2 Å². The van der Waals surface area contributed by atoms with Gasteiger partial charge in [-0.1, -0.05) is 92.2 Å². The highest BCUT2D eigenvalue weighted by Crippen LogP contribution is 2.66. The monoisotopic (exact) mass is 633 g/mol. The third-order valence-corrected chi connectivity index (χ3v) is 11.7. The number of benzene rings is 2. The van der Waals surface area contributed by atoms with E-state index >= 15 is 0 Å². The Balaban J connectivity index is 1.48. The molecule has 0 saturated carbocycles. The fraction of sp³-hybridized carbons (Fsp3) is 0.457. The summed E-state index contributed by atoms with van der Waals surface area (Å²) < 4.78 is -1.71. The van der Waals surface area contributed by atoms with E-state index in [-0.39, 0.29) is 36.8 Å². The maximum atomic E-state index is 14.9. The van der Waals surface area contributed by atoms with Gasteiger partial charge < -0.3 is 19.8 Å². The Morgan fingerprint density at radius 1 is 0.955 bits per heavy atom. The van der Waals surface area contributed by atoms with E-state index in [1.165, 1.54) is 0 Å². The fourth-order valence-electron chi connectivity index (χ4n) is 7.84. The Bertz CT molecular complexity index is 1510. The van der Waals surface area contributed by atoms with Crippen LogP contribution in [0.5, 0.6) is 0 Å². The summed E-state index contributed by atoms with van der Waals surface area (Å²) in [6, 6.07) is 13.9.